The summed E-state index contributed by atoms with van der Waals surface area (Å²) in [7, 11) is 5.61. The van der Waals surface area contributed by atoms with Crippen molar-refractivity contribution in [1.29, 1.82) is 0 Å². The van der Waals surface area contributed by atoms with E-state index in [1.54, 1.807) is 7.05 Å². The van der Waals surface area contributed by atoms with E-state index in [-0.39, 0.29) is 11.1 Å². The average molecular weight is 282 g/mol. The summed E-state index contributed by atoms with van der Waals surface area (Å²) in [6.07, 6.45) is 3.17. The van der Waals surface area contributed by atoms with E-state index in [0.717, 1.165) is 25.3 Å². The summed E-state index contributed by atoms with van der Waals surface area (Å²) >= 11 is 0. The molecular formula is C15H20F2N2O. The monoisotopic (exact) mass is 282 g/mol. The lowest BCUT2D eigenvalue weighted by Crippen LogP contribution is -2.57. The molecule has 2 rings (SSSR count). The van der Waals surface area contributed by atoms with Gasteiger partial charge in [-0.1, -0.05) is 6.07 Å². The molecule has 1 aliphatic rings. The highest BCUT2D eigenvalue weighted by Crippen LogP contribution is 2.36. The molecule has 1 aromatic carbocycles. The number of hydrogen-bond donors (Lipinski definition) is 0. The minimum absolute atomic E-state index is 0.0335. The summed E-state index contributed by atoms with van der Waals surface area (Å²) in [6, 6.07) is 3.68. The van der Waals surface area contributed by atoms with E-state index in [1.807, 2.05) is 14.1 Å². The van der Waals surface area contributed by atoms with E-state index in [0.29, 0.717) is 6.54 Å². The van der Waals surface area contributed by atoms with Crippen LogP contribution in [0, 0.1) is 11.6 Å². The molecule has 1 saturated carbocycles. The Bertz CT molecular complexity index is 513. The van der Waals surface area contributed by atoms with Crippen LogP contribution in [0.25, 0.3) is 0 Å². The predicted octanol–water partition coefficient (Wildman–Crippen LogP) is 2.52. The minimum atomic E-state index is -1.07. The molecule has 20 heavy (non-hydrogen) atoms. The molecule has 0 unspecified atom stereocenters. The fourth-order valence-corrected chi connectivity index (χ4v) is 2.72. The van der Waals surface area contributed by atoms with E-state index in [9.17, 15) is 13.6 Å². The number of likely N-dealkylation sites (N-methyl/N-ethyl adjacent to an activating group) is 2. The lowest BCUT2D eigenvalue weighted by molar-refractivity contribution is 0.0250. The first-order chi connectivity index (χ1) is 9.37. The fraction of sp³-hybridized carbons (Fsp3) is 0.533. The zero-order valence-corrected chi connectivity index (χ0v) is 12.1. The summed E-state index contributed by atoms with van der Waals surface area (Å²) < 4.78 is 26.9. The quantitative estimate of drug-likeness (QED) is 0.847. The Balaban J connectivity index is 2.15. The van der Waals surface area contributed by atoms with E-state index in [2.05, 4.69) is 4.90 Å². The SMILES string of the molecule is CN(CC1(N(C)C)CCC1)C(=O)c1cccc(F)c1F. The van der Waals surface area contributed by atoms with Crippen LogP contribution in [0.1, 0.15) is 29.6 Å². The molecule has 0 bridgehead atoms. The van der Waals surface area contributed by atoms with Crippen molar-refractivity contribution >= 4 is 5.91 Å². The van der Waals surface area contributed by atoms with Crippen molar-refractivity contribution < 1.29 is 13.6 Å². The number of carbonyl (C=O) groups is 1. The van der Waals surface area contributed by atoms with Gasteiger partial charge < -0.3 is 9.80 Å². The summed E-state index contributed by atoms with van der Waals surface area (Å²) in [6.45, 7) is 0.523. The number of hydrogen-bond acceptors (Lipinski definition) is 2. The van der Waals surface area contributed by atoms with Crippen molar-refractivity contribution in [2.75, 3.05) is 27.7 Å². The molecule has 0 spiro atoms. The van der Waals surface area contributed by atoms with Crippen LogP contribution >= 0.6 is 0 Å². The summed E-state index contributed by atoms with van der Waals surface area (Å²) in [5.41, 5.74) is -0.241. The smallest absolute Gasteiger partial charge is 0.256 e. The first kappa shape index (κ1) is 14.9. The van der Waals surface area contributed by atoms with Gasteiger partial charge in [-0.25, -0.2) is 8.78 Å². The molecule has 0 radical (unpaired) electrons. The lowest BCUT2D eigenvalue weighted by Gasteiger charge is -2.49. The average Bonchev–Trinajstić information content (AvgIpc) is 2.35. The second-order valence-electron chi connectivity index (χ2n) is 5.73. The second kappa shape index (κ2) is 5.48. The van der Waals surface area contributed by atoms with Gasteiger partial charge in [0.15, 0.2) is 11.6 Å². The van der Waals surface area contributed by atoms with Gasteiger partial charge in [-0.05, 0) is 45.5 Å². The maximum absolute atomic E-state index is 13.7. The molecule has 0 saturated heterocycles. The number of nitrogens with zero attached hydrogens (tertiary/aromatic N) is 2. The molecule has 1 amide bonds. The van der Waals surface area contributed by atoms with Gasteiger partial charge in [0.05, 0.1) is 5.56 Å². The zero-order chi connectivity index (χ0) is 14.9. The number of halogens is 2. The zero-order valence-electron chi connectivity index (χ0n) is 12.1. The molecule has 0 aliphatic heterocycles. The highest BCUT2D eigenvalue weighted by atomic mass is 19.2. The molecule has 5 heteroatoms. The van der Waals surface area contributed by atoms with Gasteiger partial charge in [0.25, 0.3) is 5.91 Å². The third-order valence-corrected chi connectivity index (χ3v) is 4.29. The largest absolute Gasteiger partial charge is 0.340 e. The Morgan fingerprint density at radius 3 is 2.40 bits per heavy atom. The second-order valence-corrected chi connectivity index (χ2v) is 5.73. The number of amides is 1. The fourth-order valence-electron chi connectivity index (χ4n) is 2.72. The standard InChI is InChI=1S/C15H20F2N2O/c1-18(2)15(8-5-9-15)10-19(3)14(20)11-6-4-7-12(16)13(11)17/h4,6-7H,5,8-10H2,1-3H3. The topological polar surface area (TPSA) is 23.6 Å². The van der Waals surface area contributed by atoms with Gasteiger partial charge in [0.1, 0.15) is 0 Å². The molecule has 1 fully saturated rings. The van der Waals surface area contributed by atoms with E-state index >= 15 is 0 Å². The molecular weight excluding hydrogens is 262 g/mol. The Hall–Kier alpha value is -1.49. The Morgan fingerprint density at radius 2 is 1.90 bits per heavy atom. The highest BCUT2D eigenvalue weighted by Gasteiger charge is 2.41. The predicted molar refractivity (Wildman–Crippen MR) is 73.6 cm³/mol. The summed E-state index contributed by atoms with van der Waals surface area (Å²) in [5.74, 6) is -2.54. The van der Waals surface area contributed by atoms with Crippen LogP contribution in [0.4, 0.5) is 8.78 Å². The lowest BCUT2D eigenvalue weighted by atomic mass is 9.75. The molecule has 0 N–H and O–H groups in total. The van der Waals surface area contributed by atoms with Crippen LogP contribution in [-0.2, 0) is 0 Å². The molecule has 1 aromatic rings. The van der Waals surface area contributed by atoms with Gasteiger partial charge in [-0.2, -0.15) is 0 Å². The minimum Gasteiger partial charge on any atom is -0.340 e. The van der Waals surface area contributed by atoms with Gasteiger partial charge in [-0.15, -0.1) is 0 Å². The Labute approximate surface area is 118 Å². The number of carbonyl (C=O) groups excluding carboxylic acids is 1. The normalized spacial score (nSPS) is 16.9. The Morgan fingerprint density at radius 1 is 1.25 bits per heavy atom. The molecule has 0 aromatic heterocycles. The highest BCUT2D eigenvalue weighted by molar-refractivity contribution is 5.94. The van der Waals surface area contributed by atoms with Gasteiger partial charge >= 0.3 is 0 Å². The van der Waals surface area contributed by atoms with Gasteiger partial charge in [0, 0.05) is 19.1 Å². The van der Waals surface area contributed by atoms with Gasteiger partial charge in [-0.3, -0.25) is 4.79 Å². The Kier molecular flexibility index (Phi) is 4.09. The van der Waals surface area contributed by atoms with Crippen LogP contribution < -0.4 is 0 Å². The molecule has 1 aliphatic carbocycles. The van der Waals surface area contributed by atoms with Gasteiger partial charge in [0.2, 0.25) is 0 Å². The molecule has 3 nitrogen and oxygen atoms in total. The maximum atomic E-state index is 13.7. The maximum Gasteiger partial charge on any atom is 0.256 e. The van der Waals surface area contributed by atoms with E-state index < -0.39 is 17.5 Å². The third-order valence-electron chi connectivity index (χ3n) is 4.29. The van der Waals surface area contributed by atoms with Crippen molar-refractivity contribution in [3.8, 4) is 0 Å². The number of benzene rings is 1. The van der Waals surface area contributed by atoms with Crippen molar-refractivity contribution in [3.63, 3.8) is 0 Å². The van der Waals surface area contributed by atoms with Crippen molar-refractivity contribution in [1.82, 2.24) is 9.80 Å². The van der Waals surface area contributed by atoms with Crippen LogP contribution in [-0.4, -0.2) is 48.9 Å². The molecule has 0 atom stereocenters. The summed E-state index contributed by atoms with van der Waals surface area (Å²) in [5, 5.41) is 0. The van der Waals surface area contributed by atoms with Crippen LogP contribution in [0.5, 0.6) is 0 Å². The first-order valence-corrected chi connectivity index (χ1v) is 6.74. The van der Waals surface area contributed by atoms with E-state index in [1.165, 1.54) is 17.0 Å². The third kappa shape index (κ3) is 2.54. The van der Waals surface area contributed by atoms with Crippen LogP contribution in [0.3, 0.4) is 0 Å². The molecule has 0 heterocycles. The van der Waals surface area contributed by atoms with Crippen LogP contribution in [0.2, 0.25) is 0 Å². The van der Waals surface area contributed by atoms with Crippen molar-refractivity contribution in [2.24, 2.45) is 0 Å². The summed E-state index contributed by atoms with van der Waals surface area (Å²) in [4.78, 5) is 15.9. The number of rotatable bonds is 4. The van der Waals surface area contributed by atoms with Crippen molar-refractivity contribution in [2.45, 2.75) is 24.8 Å². The first-order valence-electron chi connectivity index (χ1n) is 6.74. The van der Waals surface area contributed by atoms with Crippen molar-refractivity contribution in [3.05, 3.63) is 35.4 Å². The van der Waals surface area contributed by atoms with Crippen LogP contribution in [0.15, 0.2) is 18.2 Å². The van der Waals surface area contributed by atoms with E-state index in [4.69, 9.17) is 0 Å². The molecule has 110 valence electrons.